The van der Waals surface area contributed by atoms with Crippen molar-refractivity contribution >= 4 is 6.54 Å². The molecule has 37 heavy (non-hydrogen) atoms. The molecule has 0 radical (unpaired) electrons. The average molecular weight is 554 g/mol. The van der Waals surface area contributed by atoms with E-state index in [9.17, 15) is 0 Å². The van der Waals surface area contributed by atoms with E-state index in [1.807, 2.05) is 0 Å². The Balaban J connectivity index is 1.28. The molecule has 4 atom stereocenters. The zero-order chi connectivity index (χ0) is 24.3. The van der Waals surface area contributed by atoms with Crippen LogP contribution in [0.2, 0.25) is 0 Å². The van der Waals surface area contributed by atoms with Crippen LogP contribution in [0.3, 0.4) is 0 Å². The molecule has 0 spiro atoms. The van der Waals surface area contributed by atoms with Crippen LogP contribution in [0.15, 0.2) is 109 Å². The van der Waals surface area contributed by atoms with Gasteiger partial charge < -0.3 is 0 Å². The van der Waals surface area contributed by atoms with Crippen LogP contribution < -0.4 is 6.54 Å². The van der Waals surface area contributed by atoms with Gasteiger partial charge in [0.2, 0.25) is 0 Å². The molecule has 4 aliphatic carbocycles. The van der Waals surface area contributed by atoms with Gasteiger partial charge in [-0.15, -0.1) is 0 Å². The van der Waals surface area contributed by atoms with Crippen molar-refractivity contribution in [3.05, 3.63) is 131 Å². The first-order valence-corrected chi connectivity index (χ1v) is 16.4. The van der Waals surface area contributed by atoms with Gasteiger partial charge in [0, 0.05) is 0 Å². The second kappa shape index (κ2) is 8.92. The number of benzene rings is 4. The van der Waals surface area contributed by atoms with Gasteiger partial charge in [-0.2, -0.15) is 0 Å². The van der Waals surface area contributed by atoms with Crippen LogP contribution in [0.1, 0.15) is 59.8 Å². The van der Waals surface area contributed by atoms with E-state index in [1.54, 1.807) is 28.8 Å². The van der Waals surface area contributed by atoms with Crippen molar-refractivity contribution in [2.45, 2.75) is 37.5 Å². The van der Waals surface area contributed by atoms with Crippen molar-refractivity contribution in [2.24, 2.45) is 11.8 Å². The van der Waals surface area contributed by atoms with Crippen molar-refractivity contribution < 1.29 is 23.2 Å². The summed E-state index contributed by atoms with van der Waals surface area (Å²) in [7, 11) is 0. The van der Waals surface area contributed by atoms with E-state index >= 15 is 0 Å². The Morgan fingerprint density at radius 1 is 0.486 bits per heavy atom. The minimum absolute atomic E-state index is 0.518. The monoisotopic (exact) mass is 552 g/mol. The van der Waals surface area contributed by atoms with E-state index in [4.69, 9.17) is 0 Å². The molecule has 1 heteroatoms. The number of rotatable bonds is 4. The van der Waals surface area contributed by atoms with Gasteiger partial charge in [-0.1, -0.05) is 0 Å². The number of hydrogen-bond acceptors (Lipinski definition) is 0. The van der Waals surface area contributed by atoms with Gasteiger partial charge in [-0.3, -0.25) is 0 Å². The summed E-state index contributed by atoms with van der Waals surface area (Å²) < 4.78 is 3.38. The SMILES string of the molecule is C1=CC(C2c3ccccc3-c3ccc[c]([Zr][c]4cccc5c4C(C4C=CCC4)c4ccccc4-5)c32)CC1. The van der Waals surface area contributed by atoms with E-state index in [-0.39, 0.29) is 0 Å². The topological polar surface area (TPSA) is 0 Å². The summed E-state index contributed by atoms with van der Waals surface area (Å²) in [5, 5.41) is 0. The third-order valence-corrected chi connectivity index (χ3v) is 12.7. The molecule has 0 aliphatic heterocycles. The van der Waals surface area contributed by atoms with Gasteiger partial charge in [0.1, 0.15) is 0 Å². The predicted molar refractivity (Wildman–Crippen MR) is 150 cm³/mol. The average Bonchev–Trinajstić information content (AvgIpc) is 3.74. The maximum absolute atomic E-state index is 2.51. The number of hydrogen-bond donors (Lipinski definition) is 0. The third-order valence-electron chi connectivity index (χ3n) is 9.23. The molecule has 0 amide bonds. The zero-order valence-electron chi connectivity index (χ0n) is 21.0. The molecule has 0 saturated carbocycles. The first kappa shape index (κ1) is 22.2. The first-order valence-electron chi connectivity index (χ1n) is 13.9. The summed E-state index contributed by atoms with van der Waals surface area (Å²) >= 11 is -1.05. The van der Waals surface area contributed by atoms with Crippen LogP contribution in [-0.2, 0) is 23.2 Å². The predicted octanol–water partition coefficient (Wildman–Crippen LogP) is 7.88. The molecule has 0 nitrogen and oxygen atoms in total. The van der Waals surface area contributed by atoms with Crippen molar-refractivity contribution in [3.8, 4) is 22.3 Å². The second-order valence-corrected chi connectivity index (χ2v) is 14.4. The Morgan fingerprint density at radius 2 is 0.946 bits per heavy atom. The van der Waals surface area contributed by atoms with E-state index in [2.05, 4.69) is 109 Å². The first-order chi connectivity index (χ1) is 18.4. The number of allylic oxidation sites excluding steroid dienone is 4. The van der Waals surface area contributed by atoms with Crippen LogP contribution in [0.5, 0.6) is 0 Å². The van der Waals surface area contributed by atoms with Gasteiger partial charge >= 0.3 is 233 Å². The van der Waals surface area contributed by atoms with E-state index in [1.165, 1.54) is 47.9 Å². The van der Waals surface area contributed by atoms with Gasteiger partial charge in [-0.25, -0.2) is 0 Å². The van der Waals surface area contributed by atoms with Crippen LogP contribution >= 0.6 is 0 Å². The van der Waals surface area contributed by atoms with Gasteiger partial charge in [-0.05, 0) is 0 Å². The third kappa shape index (κ3) is 3.43. The fourth-order valence-corrected chi connectivity index (χ4v) is 11.4. The molecule has 4 aromatic carbocycles. The molecule has 0 N–H and O–H groups in total. The van der Waals surface area contributed by atoms with Crippen molar-refractivity contribution in [1.29, 1.82) is 0 Å². The van der Waals surface area contributed by atoms with Gasteiger partial charge in [0.25, 0.3) is 0 Å². The Morgan fingerprint density at radius 3 is 1.41 bits per heavy atom. The Hall–Kier alpha value is -2.76. The van der Waals surface area contributed by atoms with Crippen LogP contribution in [0.25, 0.3) is 22.3 Å². The van der Waals surface area contributed by atoms with E-state index in [0.29, 0.717) is 23.7 Å². The molecule has 178 valence electrons. The molecule has 0 saturated heterocycles. The van der Waals surface area contributed by atoms with Crippen molar-refractivity contribution in [2.75, 3.05) is 0 Å². The quantitative estimate of drug-likeness (QED) is 0.226. The Bertz CT molecular complexity index is 1470. The molecule has 0 bridgehead atoms. The maximum atomic E-state index is 2.51. The fourth-order valence-electron chi connectivity index (χ4n) is 7.73. The molecule has 4 aliphatic rings. The summed E-state index contributed by atoms with van der Waals surface area (Å²) in [5.41, 5.74) is 12.4. The minimum atomic E-state index is -1.05. The zero-order valence-corrected chi connectivity index (χ0v) is 23.5. The van der Waals surface area contributed by atoms with E-state index in [0.717, 1.165) is 0 Å². The molecule has 0 fully saturated rings. The van der Waals surface area contributed by atoms with Crippen LogP contribution in [0.4, 0.5) is 0 Å². The summed E-state index contributed by atoms with van der Waals surface area (Å²) in [4.78, 5) is 0. The molecule has 0 aromatic heterocycles. The standard InChI is InChI=1S/2C18H15.Zr/c2*1-2-8-13(7-1)18-16-11-5-3-9-14(16)15-10-4-6-12-17(15)18;/h2*1,3-7,9-11,13,18H,2,8H2;. The van der Waals surface area contributed by atoms with Crippen LogP contribution in [-0.4, -0.2) is 0 Å². The van der Waals surface area contributed by atoms with Crippen LogP contribution in [0, 0.1) is 11.8 Å². The summed E-state index contributed by atoms with van der Waals surface area (Å²) in [6.07, 6.45) is 14.9. The normalized spacial score (nSPS) is 24.1. The Labute approximate surface area is 231 Å². The number of fused-ring (bicyclic) bond motifs is 6. The van der Waals surface area contributed by atoms with Gasteiger partial charge in [0.05, 0.1) is 0 Å². The Kier molecular flexibility index (Phi) is 5.36. The fraction of sp³-hybridized carbons (Fsp3) is 0.222. The molecule has 4 unspecified atom stereocenters. The summed E-state index contributed by atoms with van der Waals surface area (Å²) in [6.45, 7) is 0. The molecular formula is C36H30Zr. The van der Waals surface area contributed by atoms with E-state index < -0.39 is 23.2 Å². The molecule has 0 heterocycles. The second-order valence-electron chi connectivity index (χ2n) is 11.1. The van der Waals surface area contributed by atoms with Crippen molar-refractivity contribution in [3.63, 3.8) is 0 Å². The molecular weight excluding hydrogens is 524 g/mol. The molecule has 8 rings (SSSR count). The van der Waals surface area contributed by atoms with Crippen molar-refractivity contribution in [1.82, 2.24) is 0 Å². The molecule has 4 aromatic rings. The summed E-state index contributed by atoms with van der Waals surface area (Å²) in [6, 6.07) is 32.9. The van der Waals surface area contributed by atoms with Gasteiger partial charge in [0.15, 0.2) is 0 Å². The summed E-state index contributed by atoms with van der Waals surface area (Å²) in [5.74, 6) is 2.30.